The first-order chi connectivity index (χ1) is 7.22. The van der Waals surface area contributed by atoms with Gasteiger partial charge in [-0.1, -0.05) is 0 Å². The minimum absolute atomic E-state index is 0.855. The third-order valence-electron chi connectivity index (χ3n) is 2.08. The van der Waals surface area contributed by atoms with Gasteiger partial charge in [0.15, 0.2) is 6.29 Å². The molecule has 5 atom stereocenters. The van der Waals surface area contributed by atoms with Crippen molar-refractivity contribution in [1.82, 2.24) is 0 Å². The second-order valence-electron chi connectivity index (χ2n) is 3.28. The van der Waals surface area contributed by atoms with Crippen LogP contribution < -0.4 is 9.79 Å². The average molecular weight is 258 g/mol. The van der Waals surface area contributed by atoms with Gasteiger partial charge in [0, 0.05) is 0 Å². The molecule has 1 saturated heterocycles. The lowest BCUT2D eigenvalue weighted by atomic mass is 10.00. The van der Waals surface area contributed by atoms with Crippen molar-refractivity contribution in [2.75, 3.05) is 6.61 Å². The normalized spacial score (nSPS) is 41.0. The molecule has 1 rings (SSSR count). The molecule has 0 amide bonds. The number of aliphatic hydroxyl groups excluding tert-OH is 4. The standard InChI is InChI=1S/C6H13O9P/c7-3-2(1-14-16(11,12)13)15-6(10)5(9)4(3)8/h2-10H,1H2,(H2,11,12,13)/p-2/t2-,3-,4+,5-,6+/m1/s1. The van der Waals surface area contributed by atoms with Crippen molar-refractivity contribution in [3.8, 4) is 0 Å². The van der Waals surface area contributed by atoms with Crippen molar-refractivity contribution >= 4 is 7.82 Å². The number of phosphoric ester groups is 1. The summed E-state index contributed by atoms with van der Waals surface area (Å²) >= 11 is 0. The van der Waals surface area contributed by atoms with E-state index in [1.165, 1.54) is 0 Å². The third kappa shape index (κ3) is 3.45. The first kappa shape index (κ1) is 14.0. The van der Waals surface area contributed by atoms with Gasteiger partial charge in [-0.15, -0.1) is 0 Å². The molecule has 0 aliphatic carbocycles. The molecule has 1 aliphatic heterocycles. The molecule has 0 aromatic heterocycles. The molecule has 96 valence electrons. The SMILES string of the molecule is O=P([O-])([O-])OC[C@H]1O[C@H](O)[C@H](O)[C@@H](O)[C@@H]1O. The van der Waals surface area contributed by atoms with Gasteiger partial charge < -0.3 is 44.0 Å². The Morgan fingerprint density at radius 2 is 1.69 bits per heavy atom. The third-order valence-corrected chi connectivity index (χ3v) is 2.55. The van der Waals surface area contributed by atoms with Crippen LogP contribution in [-0.2, 0) is 13.8 Å². The summed E-state index contributed by atoms with van der Waals surface area (Å²) in [5.74, 6) is 0. The van der Waals surface area contributed by atoms with Crippen LogP contribution in [0.15, 0.2) is 0 Å². The van der Waals surface area contributed by atoms with Crippen LogP contribution in [0.25, 0.3) is 0 Å². The zero-order valence-corrected chi connectivity index (χ0v) is 8.77. The molecule has 1 heterocycles. The highest BCUT2D eigenvalue weighted by Gasteiger charge is 2.43. The van der Waals surface area contributed by atoms with Gasteiger partial charge in [0.1, 0.15) is 24.4 Å². The van der Waals surface area contributed by atoms with Crippen LogP contribution in [0, 0.1) is 0 Å². The molecule has 0 saturated carbocycles. The summed E-state index contributed by atoms with van der Waals surface area (Å²) in [5, 5.41) is 36.6. The van der Waals surface area contributed by atoms with Crippen LogP contribution in [-0.4, -0.2) is 57.7 Å². The number of aliphatic hydroxyl groups is 4. The van der Waals surface area contributed by atoms with Gasteiger partial charge in [0.25, 0.3) is 0 Å². The Balaban J connectivity index is 2.57. The monoisotopic (exact) mass is 258 g/mol. The van der Waals surface area contributed by atoms with Crippen LogP contribution in [0.4, 0.5) is 0 Å². The van der Waals surface area contributed by atoms with Crippen molar-refractivity contribution in [2.24, 2.45) is 0 Å². The highest BCUT2D eigenvalue weighted by molar-refractivity contribution is 7.43. The largest absolute Gasteiger partial charge is 0.790 e. The fraction of sp³-hybridized carbons (Fsp3) is 1.00. The maximum Gasteiger partial charge on any atom is 0.184 e. The van der Waals surface area contributed by atoms with Crippen LogP contribution in [0.2, 0.25) is 0 Å². The molecular weight excluding hydrogens is 247 g/mol. The summed E-state index contributed by atoms with van der Waals surface area (Å²) in [6, 6.07) is 0. The highest BCUT2D eigenvalue weighted by Crippen LogP contribution is 2.27. The zero-order valence-electron chi connectivity index (χ0n) is 7.87. The lowest BCUT2D eigenvalue weighted by Gasteiger charge is -2.39. The van der Waals surface area contributed by atoms with E-state index in [0.717, 1.165) is 0 Å². The van der Waals surface area contributed by atoms with Crippen LogP contribution >= 0.6 is 7.82 Å². The van der Waals surface area contributed by atoms with E-state index in [9.17, 15) is 24.6 Å². The lowest BCUT2D eigenvalue weighted by Crippen LogP contribution is -2.58. The van der Waals surface area contributed by atoms with E-state index in [2.05, 4.69) is 9.26 Å². The van der Waals surface area contributed by atoms with Crippen LogP contribution in [0.5, 0.6) is 0 Å². The Morgan fingerprint density at radius 1 is 1.12 bits per heavy atom. The first-order valence-corrected chi connectivity index (χ1v) is 5.73. The smallest absolute Gasteiger partial charge is 0.184 e. The van der Waals surface area contributed by atoms with Crippen molar-refractivity contribution in [3.63, 3.8) is 0 Å². The van der Waals surface area contributed by atoms with Gasteiger partial charge in [-0.2, -0.15) is 0 Å². The lowest BCUT2D eigenvalue weighted by molar-refractivity contribution is -0.347. The molecule has 9 nitrogen and oxygen atoms in total. The van der Waals surface area contributed by atoms with Crippen molar-refractivity contribution in [2.45, 2.75) is 30.7 Å². The minimum Gasteiger partial charge on any atom is -0.790 e. The maximum atomic E-state index is 10.1. The molecule has 1 fully saturated rings. The fourth-order valence-corrected chi connectivity index (χ4v) is 1.56. The number of phosphoric acid groups is 1. The number of hydrogen-bond acceptors (Lipinski definition) is 9. The Labute approximate surface area is 90.1 Å². The molecule has 0 aromatic rings. The second-order valence-corrected chi connectivity index (χ2v) is 4.43. The molecule has 4 N–H and O–H groups in total. The summed E-state index contributed by atoms with van der Waals surface area (Å²) in [6.45, 7) is -0.855. The van der Waals surface area contributed by atoms with E-state index in [1.807, 2.05) is 0 Å². The zero-order chi connectivity index (χ0) is 12.5. The number of hydrogen-bond donors (Lipinski definition) is 4. The topological polar surface area (TPSA) is 163 Å². The first-order valence-electron chi connectivity index (χ1n) is 4.26. The molecule has 0 unspecified atom stereocenters. The molecule has 16 heavy (non-hydrogen) atoms. The van der Waals surface area contributed by atoms with Gasteiger partial charge >= 0.3 is 0 Å². The maximum absolute atomic E-state index is 10.1. The second kappa shape index (κ2) is 5.05. The van der Waals surface area contributed by atoms with E-state index in [4.69, 9.17) is 10.2 Å². The molecule has 0 aromatic carbocycles. The number of rotatable bonds is 3. The Bertz CT molecular complexity index is 277. The highest BCUT2D eigenvalue weighted by atomic mass is 31.2. The van der Waals surface area contributed by atoms with Gasteiger partial charge in [0.2, 0.25) is 0 Å². The predicted octanol–water partition coefficient (Wildman–Crippen LogP) is -4.37. The van der Waals surface area contributed by atoms with Gasteiger partial charge in [-0.25, -0.2) is 0 Å². The quantitative estimate of drug-likeness (QED) is 0.366. The summed E-state index contributed by atoms with van der Waals surface area (Å²) < 4.78 is 18.5. The minimum atomic E-state index is -5.23. The Morgan fingerprint density at radius 3 is 2.19 bits per heavy atom. The van der Waals surface area contributed by atoms with Crippen molar-refractivity contribution < 1.29 is 44.0 Å². The van der Waals surface area contributed by atoms with E-state index >= 15 is 0 Å². The number of ether oxygens (including phenoxy) is 1. The Hall–Kier alpha value is -0.0900. The summed E-state index contributed by atoms with van der Waals surface area (Å²) in [7, 11) is -5.23. The van der Waals surface area contributed by atoms with Crippen LogP contribution in [0.3, 0.4) is 0 Å². The summed E-state index contributed by atoms with van der Waals surface area (Å²) in [6.07, 6.45) is -8.35. The van der Waals surface area contributed by atoms with Crippen molar-refractivity contribution in [3.05, 3.63) is 0 Å². The van der Waals surface area contributed by atoms with E-state index in [-0.39, 0.29) is 0 Å². The summed E-state index contributed by atoms with van der Waals surface area (Å²) in [5.41, 5.74) is 0. The molecule has 0 bridgehead atoms. The molecule has 10 heteroatoms. The molecule has 0 spiro atoms. The van der Waals surface area contributed by atoms with E-state index < -0.39 is 45.1 Å². The summed E-state index contributed by atoms with van der Waals surface area (Å²) in [4.78, 5) is 20.3. The van der Waals surface area contributed by atoms with Gasteiger partial charge in [-0.05, 0) is 0 Å². The van der Waals surface area contributed by atoms with E-state index in [1.54, 1.807) is 0 Å². The van der Waals surface area contributed by atoms with Gasteiger partial charge in [-0.3, -0.25) is 0 Å². The molecular formula is C6H11O9P-2. The Kier molecular flexibility index (Phi) is 4.41. The van der Waals surface area contributed by atoms with Crippen molar-refractivity contribution in [1.29, 1.82) is 0 Å². The molecule has 1 aliphatic rings. The average Bonchev–Trinajstić information content (AvgIpc) is 2.17. The predicted molar refractivity (Wildman–Crippen MR) is 42.5 cm³/mol. The van der Waals surface area contributed by atoms with E-state index in [0.29, 0.717) is 0 Å². The molecule has 0 radical (unpaired) electrons. The fourth-order valence-electron chi connectivity index (χ4n) is 1.23. The van der Waals surface area contributed by atoms with Crippen LogP contribution in [0.1, 0.15) is 0 Å². The van der Waals surface area contributed by atoms with Gasteiger partial charge in [0.05, 0.1) is 14.4 Å².